The van der Waals surface area contributed by atoms with Crippen LogP contribution in [-0.4, -0.2) is 24.1 Å². The van der Waals surface area contributed by atoms with Gasteiger partial charge in [-0.2, -0.15) is 0 Å². The van der Waals surface area contributed by atoms with Crippen LogP contribution in [0.4, 0.5) is 0 Å². The SMILES string of the molecule is CS(=O)(=O)Cc1cn2cc(Cl)cc(Cl)c2n1. The summed E-state index contributed by atoms with van der Waals surface area (Å²) in [6.45, 7) is 0. The largest absolute Gasteiger partial charge is 0.304 e. The molecule has 2 aromatic heterocycles. The third kappa shape index (κ3) is 2.48. The van der Waals surface area contributed by atoms with Crippen molar-refractivity contribution in [2.75, 3.05) is 6.26 Å². The summed E-state index contributed by atoms with van der Waals surface area (Å²) in [7, 11) is -3.10. The van der Waals surface area contributed by atoms with Gasteiger partial charge in [0.05, 0.1) is 21.5 Å². The van der Waals surface area contributed by atoms with Crippen molar-refractivity contribution in [3.63, 3.8) is 0 Å². The second-order valence-corrected chi connectivity index (χ2v) is 6.52. The first-order valence-electron chi connectivity index (χ1n) is 4.35. The Bertz CT molecular complexity index is 649. The minimum Gasteiger partial charge on any atom is -0.304 e. The van der Waals surface area contributed by atoms with E-state index in [0.29, 0.717) is 21.4 Å². The van der Waals surface area contributed by atoms with Gasteiger partial charge in [0.25, 0.3) is 0 Å². The van der Waals surface area contributed by atoms with Gasteiger partial charge in [-0.1, -0.05) is 23.2 Å². The van der Waals surface area contributed by atoms with Crippen molar-refractivity contribution in [2.24, 2.45) is 0 Å². The smallest absolute Gasteiger partial charge is 0.155 e. The molecule has 2 aromatic rings. The highest BCUT2D eigenvalue weighted by Gasteiger charge is 2.11. The Morgan fingerprint density at radius 3 is 2.69 bits per heavy atom. The molecule has 0 atom stereocenters. The molecule has 16 heavy (non-hydrogen) atoms. The van der Waals surface area contributed by atoms with Crippen molar-refractivity contribution >= 4 is 38.7 Å². The Morgan fingerprint density at radius 1 is 1.38 bits per heavy atom. The second-order valence-electron chi connectivity index (χ2n) is 3.54. The topological polar surface area (TPSA) is 51.4 Å². The quantitative estimate of drug-likeness (QED) is 0.846. The van der Waals surface area contributed by atoms with E-state index in [-0.39, 0.29) is 5.75 Å². The third-order valence-corrected chi connectivity index (χ3v) is 3.24. The lowest BCUT2D eigenvalue weighted by atomic mass is 10.5. The van der Waals surface area contributed by atoms with Crippen LogP contribution in [0.2, 0.25) is 10.0 Å². The fourth-order valence-electron chi connectivity index (χ4n) is 1.41. The van der Waals surface area contributed by atoms with Crippen LogP contribution in [0.1, 0.15) is 5.69 Å². The van der Waals surface area contributed by atoms with Crippen LogP contribution >= 0.6 is 23.2 Å². The molecule has 0 fully saturated rings. The average Bonchev–Trinajstić information content (AvgIpc) is 2.43. The van der Waals surface area contributed by atoms with E-state index in [0.717, 1.165) is 6.26 Å². The summed E-state index contributed by atoms with van der Waals surface area (Å²) in [5.41, 5.74) is 0.955. The van der Waals surface area contributed by atoms with Crippen molar-refractivity contribution in [3.05, 3.63) is 34.2 Å². The molecule has 0 saturated carbocycles. The van der Waals surface area contributed by atoms with Gasteiger partial charge in [-0.25, -0.2) is 13.4 Å². The van der Waals surface area contributed by atoms with Gasteiger partial charge >= 0.3 is 0 Å². The maximum Gasteiger partial charge on any atom is 0.155 e. The van der Waals surface area contributed by atoms with Gasteiger partial charge in [0.2, 0.25) is 0 Å². The highest BCUT2D eigenvalue weighted by atomic mass is 35.5. The van der Waals surface area contributed by atoms with Crippen LogP contribution < -0.4 is 0 Å². The van der Waals surface area contributed by atoms with Gasteiger partial charge in [0.15, 0.2) is 15.5 Å². The van der Waals surface area contributed by atoms with Gasteiger partial charge < -0.3 is 4.40 Å². The Balaban J connectivity index is 2.56. The number of hydrogen-bond acceptors (Lipinski definition) is 3. The first-order chi connectivity index (χ1) is 7.35. The molecule has 0 radical (unpaired) electrons. The fourth-order valence-corrected chi connectivity index (χ4v) is 2.62. The molecule has 0 aliphatic heterocycles. The molecule has 0 aromatic carbocycles. The van der Waals surface area contributed by atoms with Crippen LogP contribution in [0, 0.1) is 0 Å². The van der Waals surface area contributed by atoms with Gasteiger partial charge in [-0.15, -0.1) is 0 Å². The van der Waals surface area contributed by atoms with Gasteiger partial charge in [0, 0.05) is 18.6 Å². The maximum atomic E-state index is 11.1. The molecule has 4 nitrogen and oxygen atoms in total. The second kappa shape index (κ2) is 3.91. The molecule has 0 bridgehead atoms. The Morgan fingerprint density at radius 2 is 2.06 bits per heavy atom. The van der Waals surface area contributed by atoms with Gasteiger partial charge in [0.1, 0.15) is 0 Å². The lowest BCUT2D eigenvalue weighted by molar-refractivity contribution is 0.600. The van der Waals surface area contributed by atoms with E-state index in [9.17, 15) is 8.42 Å². The average molecular weight is 279 g/mol. The standard InChI is InChI=1S/C9H8Cl2N2O2S/c1-16(14,15)5-7-4-13-3-6(10)2-8(11)9(13)12-7/h2-4H,5H2,1H3. The monoisotopic (exact) mass is 278 g/mol. The fraction of sp³-hybridized carbons (Fsp3) is 0.222. The minimum atomic E-state index is -3.10. The molecule has 0 aliphatic rings. The lowest BCUT2D eigenvalue weighted by Crippen LogP contribution is -2.00. The highest BCUT2D eigenvalue weighted by molar-refractivity contribution is 7.89. The van der Waals surface area contributed by atoms with E-state index in [1.807, 2.05) is 0 Å². The molecular weight excluding hydrogens is 271 g/mol. The molecule has 0 saturated heterocycles. The molecular formula is C9H8Cl2N2O2S. The molecule has 0 unspecified atom stereocenters. The number of sulfone groups is 1. The number of fused-ring (bicyclic) bond motifs is 1. The van der Waals surface area contributed by atoms with Crippen LogP contribution in [-0.2, 0) is 15.6 Å². The number of rotatable bonds is 2. The zero-order valence-electron chi connectivity index (χ0n) is 8.31. The molecule has 0 amide bonds. The number of imidazole rings is 1. The van der Waals surface area contributed by atoms with E-state index < -0.39 is 9.84 Å². The highest BCUT2D eigenvalue weighted by Crippen LogP contribution is 2.22. The molecule has 86 valence electrons. The van der Waals surface area contributed by atoms with Crippen molar-refractivity contribution in [1.29, 1.82) is 0 Å². The summed E-state index contributed by atoms with van der Waals surface area (Å²) < 4.78 is 23.9. The Kier molecular flexibility index (Phi) is 2.86. The van der Waals surface area contributed by atoms with Crippen molar-refractivity contribution in [2.45, 2.75) is 5.75 Å². The maximum absolute atomic E-state index is 11.1. The zero-order valence-corrected chi connectivity index (χ0v) is 10.6. The Hall–Kier alpha value is -0.780. The first kappa shape index (κ1) is 11.7. The van der Waals surface area contributed by atoms with E-state index in [1.54, 1.807) is 22.9 Å². The van der Waals surface area contributed by atoms with Crippen molar-refractivity contribution < 1.29 is 8.42 Å². The lowest BCUT2D eigenvalue weighted by Gasteiger charge is -1.95. The molecule has 0 spiro atoms. The summed E-state index contributed by atoms with van der Waals surface area (Å²) in [6, 6.07) is 1.57. The minimum absolute atomic E-state index is 0.109. The molecule has 2 heterocycles. The van der Waals surface area contributed by atoms with Gasteiger partial charge in [-0.05, 0) is 6.07 Å². The summed E-state index contributed by atoms with van der Waals surface area (Å²) >= 11 is 11.7. The predicted octanol–water partition coefficient (Wildman–Crippen LogP) is 2.19. The third-order valence-electron chi connectivity index (χ3n) is 1.93. The molecule has 0 aliphatic carbocycles. The zero-order chi connectivity index (χ0) is 11.9. The molecule has 2 rings (SSSR count). The normalized spacial score (nSPS) is 12.2. The summed E-state index contributed by atoms with van der Waals surface area (Å²) in [5, 5.41) is 0.869. The summed E-state index contributed by atoms with van der Waals surface area (Å²) in [5.74, 6) is -0.109. The van der Waals surface area contributed by atoms with Gasteiger partial charge in [-0.3, -0.25) is 0 Å². The molecule has 7 heteroatoms. The van der Waals surface area contributed by atoms with E-state index >= 15 is 0 Å². The number of halogens is 2. The first-order valence-corrected chi connectivity index (χ1v) is 7.17. The predicted molar refractivity (Wildman–Crippen MR) is 63.8 cm³/mol. The van der Waals surface area contributed by atoms with Crippen LogP contribution in [0.3, 0.4) is 0 Å². The number of hydrogen-bond donors (Lipinski definition) is 0. The summed E-state index contributed by atoms with van der Waals surface area (Å²) in [4.78, 5) is 4.13. The van der Waals surface area contributed by atoms with Crippen molar-refractivity contribution in [1.82, 2.24) is 9.38 Å². The van der Waals surface area contributed by atoms with Crippen LogP contribution in [0.15, 0.2) is 18.5 Å². The number of pyridine rings is 1. The number of aromatic nitrogens is 2. The van der Waals surface area contributed by atoms with Crippen LogP contribution in [0.25, 0.3) is 5.65 Å². The van der Waals surface area contributed by atoms with E-state index in [2.05, 4.69) is 4.98 Å². The van der Waals surface area contributed by atoms with Crippen LogP contribution in [0.5, 0.6) is 0 Å². The van der Waals surface area contributed by atoms with Crippen molar-refractivity contribution in [3.8, 4) is 0 Å². The van der Waals surface area contributed by atoms with E-state index in [4.69, 9.17) is 23.2 Å². The van der Waals surface area contributed by atoms with E-state index in [1.165, 1.54) is 0 Å². The summed E-state index contributed by atoms with van der Waals surface area (Å²) in [6.07, 6.45) is 4.39. The molecule has 0 N–H and O–H groups in total. The number of nitrogens with zero attached hydrogens (tertiary/aromatic N) is 2. The Labute approximate surface area is 103 Å².